The predicted octanol–water partition coefficient (Wildman–Crippen LogP) is 0.935. The summed E-state index contributed by atoms with van der Waals surface area (Å²) in [5.41, 5.74) is 0. The third-order valence-corrected chi connectivity index (χ3v) is 0.707. The van der Waals surface area contributed by atoms with Crippen LogP contribution in [-0.4, -0.2) is 12.1 Å². The van der Waals surface area contributed by atoms with Crippen LogP contribution in [0.2, 0.25) is 0 Å². The summed E-state index contributed by atoms with van der Waals surface area (Å²) in [6.07, 6.45) is 2.23. The van der Waals surface area contributed by atoms with Gasteiger partial charge in [-0.25, -0.2) is 9.79 Å². The van der Waals surface area contributed by atoms with Gasteiger partial charge < -0.3 is 0 Å². The molecule has 39 valence electrons. The second kappa shape index (κ2) is 3.57. The first kappa shape index (κ1) is 6.38. The highest BCUT2D eigenvalue weighted by atomic mass is 16.1. The van der Waals surface area contributed by atoms with Gasteiger partial charge in [-0.15, -0.1) is 0 Å². The number of hydrogen-bond acceptors (Lipinski definition) is 2. The van der Waals surface area contributed by atoms with Crippen molar-refractivity contribution in [3.8, 4) is 0 Å². The van der Waals surface area contributed by atoms with Crippen LogP contribution in [0.4, 0.5) is 0 Å². The first-order valence-electron chi connectivity index (χ1n) is 2.21. The van der Waals surface area contributed by atoms with E-state index in [9.17, 15) is 4.79 Å². The number of nitrogens with zero attached hydrogens (tertiary/aromatic N) is 1. The molecule has 0 saturated carbocycles. The Kier molecular flexibility index (Phi) is 3.25. The van der Waals surface area contributed by atoms with E-state index in [0.717, 1.165) is 6.42 Å². The molecule has 1 unspecified atom stereocenters. The van der Waals surface area contributed by atoms with Gasteiger partial charge in [-0.3, -0.25) is 0 Å². The molecule has 0 aliphatic carbocycles. The molecule has 2 nitrogen and oxygen atoms in total. The van der Waals surface area contributed by atoms with Crippen LogP contribution in [0.5, 0.6) is 0 Å². The van der Waals surface area contributed by atoms with Crippen molar-refractivity contribution in [2.75, 3.05) is 0 Å². The molecular weight excluding hydrogens is 90.1 g/mol. The molecule has 0 aromatic heterocycles. The summed E-state index contributed by atoms with van der Waals surface area (Å²) in [4.78, 5) is 12.8. The van der Waals surface area contributed by atoms with Gasteiger partial charge in [-0.05, 0) is 13.3 Å². The SMILES string of the molecule is [CH2]C(CC)N=C=O. The molecule has 7 heavy (non-hydrogen) atoms. The number of rotatable bonds is 2. The van der Waals surface area contributed by atoms with Crippen molar-refractivity contribution in [2.45, 2.75) is 19.4 Å². The lowest BCUT2D eigenvalue weighted by Gasteiger charge is -1.91. The van der Waals surface area contributed by atoms with E-state index in [0.29, 0.717) is 0 Å². The first-order valence-corrected chi connectivity index (χ1v) is 2.21. The molecule has 0 heterocycles. The largest absolute Gasteiger partial charge is 0.235 e. The molecule has 0 aromatic carbocycles. The van der Waals surface area contributed by atoms with Gasteiger partial charge in [0.15, 0.2) is 0 Å². The fraction of sp³-hybridized carbons (Fsp3) is 0.600. The summed E-state index contributed by atoms with van der Waals surface area (Å²) in [6, 6.07) is -0.0995. The van der Waals surface area contributed by atoms with Crippen LogP contribution in [0.3, 0.4) is 0 Å². The van der Waals surface area contributed by atoms with Crippen molar-refractivity contribution in [2.24, 2.45) is 4.99 Å². The fourth-order valence-corrected chi connectivity index (χ4v) is 0.166. The van der Waals surface area contributed by atoms with E-state index in [2.05, 4.69) is 11.9 Å². The van der Waals surface area contributed by atoms with Gasteiger partial charge >= 0.3 is 0 Å². The van der Waals surface area contributed by atoms with E-state index >= 15 is 0 Å². The third-order valence-electron chi connectivity index (χ3n) is 0.707. The Morgan fingerprint density at radius 1 is 2.00 bits per heavy atom. The van der Waals surface area contributed by atoms with Gasteiger partial charge in [-0.2, -0.15) is 0 Å². The zero-order chi connectivity index (χ0) is 5.70. The Hall–Kier alpha value is -0.620. The van der Waals surface area contributed by atoms with E-state index in [1.54, 1.807) is 0 Å². The molecule has 1 radical (unpaired) electrons. The van der Waals surface area contributed by atoms with E-state index in [1.165, 1.54) is 6.08 Å². The summed E-state index contributed by atoms with van der Waals surface area (Å²) in [7, 11) is 0. The van der Waals surface area contributed by atoms with E-state index in [4.69, 9.17) is 0 Å². The van der Waals surface area contributed by atoms with Crippen molar-refractivity contribution in [1.29, 1.82) is 0 Å². The Morgan fingerprint density at radius 2 is 2.57 bits per heavy atom. The van der Waals surface area contributed by atoms with Crippen molar-refractivity contribution >= 4 is 6.08 Å². The van der Waals surface area contributed by atoms with Crippen LogP contribution in [0.15, 0.2) is 4.99 Å². The van der Waals surface area contributed by atoms with Gasteiger partial charge in [0.05, 0.1) is 6.04 Å². The molecule has 0 fully saturated rings. The lowest BCUT2D eigenvalue weighted by Crippen LogP contribution is -1.92. The molecule has 2 heteroatoms. The first-order chi connectivity index (χ1) is 3.31. The molecular formula is C5H8NO. The molecule has 0 amide bonds. The van der Waals surface area contributed by atoms with Gasteiger partial charge in [0, 0.05) is 0 Å². The molecule has 1 atom stereocenters. The van der Waals surface area contributed by atoms with Crippen molar-refractivity contribution in [3.05, 3.63) is 6.92 Å². The predicted molar refractivity (Wildman–Crippen MR) is 27.6 cm³/mol. The number of carbonyl (C=O) groups excluding carboxylic acids is 1. The second-order valence-electron chi connectivity index (χ2n) is 1.28. The zero-order valence-corrected chi connectivity index (χ0v) is 4.35. The minimum absolute atomic E-state index is 0.0995. The lowest BCUT2D eigenvalue weighted by atomic mass is 10.3. The normalized spacial score (nSPS) is 12.3. The van der Waals surface area contributed by atoms with Crippen molar-refractivity contribution in [3.63, 3.8) is 0 Å². The highest BCUT2D eigenvalue weighted by Crippen LogP contribution is 1.89. The molecule has 0 aliphatic heterocycles. The number of hydrogen-bond donors (Lipinski definition) is 0. The molecule has 0 spiro atoms. The van der Waals surface area contributed by atoms with Crippen LogP contribution in [-0.2, 0) is 4.79 Å². The van der Waals surface area contributed by atoms with Crippen LogP contribution < -0.4 is 0 Å². The average Bonchev–Trinajstić information content (AvgIpc) is 1.68. The minimum Gasteiger partial charge on any atom is -0.211 e. The molecule has 0 bridgehead atoms. The Morgan fingerprint density at radius 3 is 2.71 bits per heavy atom. The van der Waals surface area contributed by atoms with E-state index in [1.807, 2.05) is 6.92 Å². The Balaban J connectivity index is 3.35. The van der Waals surface area contributed by atoms with E-state index in [-0.39, 0.29) is 6.04 Å². The lowest BCUT2D eigenvalue weighted by molar-refractivity contribution is 0.559. The highest BCUT2D eigenvalue weighted by Gasteiger charge is 1.88. The standard InChI is InChI=1S/C5H8NO/c1-3-5(2)6-4-7/h5H,2-3H2,1H3. The molecule has 0 aromatic rings. The highest BCUT2D eigenvalue weighted by molar-refractivity contribution is 5.33. The monoisotopic (exact) mass is 98.1 g/mol. The summed E-state index contributed by atoms with van der Waals surface area (Å²) in [5, 5.41) is 0. The average molecular weight is 98.1 g/mol. The van der Waals surface area contributed by atoms with Gasteiger partial charge in [0.2, 0.25) is 6.08 Å². The Bertz CT molecular complexity index is 84.1. The molecule has 0 rings (SSSR count). The molecule has 0 N–H and O–H groups in total. The summed E-state index contributed by atoms with van der Waals surface area (Å²) >= 11 is 0. The number of aliphatic imine (C=N–C) groups is 1. The Labute approximate surface area is 43.3 Å². The van der Waals surface area contributed by atoms with Crippen LogP contribution in [0.25, 0.3) is 0 Å². The fourth-order valence-electron chi connectivity index (χ4n) is 0.166. The zero-order valence-electron chi connectivity index (χ0n) is 4.35. The number of isocyanates is 1. The van der Waals surface area contributed by atoms with Crippen LogP contribution in [0.1, 0.15) is 13.3 Å². The molecule has 0 aliphatic rings. The maximum atomic E-state index is 9.44. The van der Waals surface area contributed by atoms with Gasteiger partial charge in [-0.1, -0.05) is 6.92 Å². The maximum absolute atomic E-state index is 9.44. The topological polar surface area (TPSA) is 29.4 Å². The quantitative estimate of drug-likeness (QED) is 0.373. The summed E-state index contributed by atoms with van der Waals surface area (Å²) in [5.74, 6) is 0. The van der Waals surface area contributed by atoms with Crippen molar-refractivity contribution in [1.82, 2.24) is 0 Å². The van der Waals surface area contributed by atoms with Gasteiger partial charge in [0.1, 0.15) is 0 Å². The van der Waals surface area contributed by atoms with Crippen molar-refractivity contribution < 1.29 is 4.79 Å². The summed E-state index contributed by atoms with van der Waals surface area (Å²) in [6.45, 7) is 5.43. The smallest absolute Gasteiger partial charge is 0.211 e. The maximum Gasteiger partial charge on any atom is 0.235 e. The second-order valence-corrected chi connectivity index (χ2v) is 1.28. The minimum atomic E-state index is -0.0995. The van der Waals surface area contributed by atoms with Crippen LogP contribution in [0, 0.1) is 6.92 Å². The van der Waals surface area contributed by atoms with Gasteiger partial charge in [0.25, 0.3) is 0 Å². The third kappa shape index (κ3) is 3.20. The van der Waals surface area contributed by atoms with E-state index < -0.39 is 0 Å². The summed E-state index contributed by atoms with van der Waals surface area (Å²) < 4.78 is 0. The molecule has 0 saturated heterocycles. The van der Waals surface area contributed by atoms with Crippen LogP contribution >= 0.6 is 0 Å².